The van der Waals surface area contributed by atoms with Crippen molar-refractivity contribution in [3.8, 4) is 0 Å². The molecule has 0 atom stereocenters. The Kier molecular flexibility index (Phi) is 5.14. The number of carbonyl (C=O) groups excluding carboxylic acids is 1. The molecule has 3 rings (SSSR count). The third-order valence-electron chi connectivity index (χ3n) is 4.64. The Balaban J connectivity index is 1.72. The second-order valence-electron chi connectivity index (χ2n) is 6.24. The minimum Gasteiger partial charge on any atom is -0.481 e. The van der Waals surface area contributed by atoms with E-state index in [0.717, 1.165) is 5.56 Å². The molecule has 2 aromatic rings. The molecule has 0 spiro atoms. The van der Waals surface area contributed by atoms with Crippen molar-refractivity contribution in [1.29, 1.82) is 0 Å². The number of nitrogens with zero attached hydrogens (tertiary/aromatic N) is 2. The maximum atomic E-state index is 12.6. The van der Waals surface area contributed by atoms with Crippen LogP contribution >= 0.6 is 0 Å². The number of aliphatic carboxylic acids is 1. The van der Waals surface area contributed by atoms with E-state index in [4.69, 9.17) is 4.74 Å². The van der Waals surface area contributed by atoms with Crippen LogP contribution in [0.4, 0.5) is 0 Å². The average molecular weight is 343 g/mol. The largest absolute Gasteiger partial charge is 0.481 e. The maximum absolute atomic E-state index is 12.6. The molecule has 0 aliphatic carbocycles. The van der Waals surface area contributed by atoms with Crippen molar-refractivity contribution in [3.63, 3.8) is 0 Å². The summed E-state index contributed by atoms with van der Waals surface area (Å²) in [4.78, 5) is 24.3. The molecule has 0 unspecified atom stereocenters. The standard InChI is InChI=1S/C18H21N3O4/c22-16(19-13-18(17(23)24)6-10-25-11-7-18)15-5-2-1-4-14(15)12-21-9-3-8-20-21/h1-5,8-9H,6-7,10-13H2,(H,19,22)(H,23,24). The van der Waals surface area contributed by atoms with Crippen LogP contribution in [0.3, 0.4) is 0 Å². The molecular weight excluding hydrogens is 322 g/mol. The number of aromatic nitrogens is 2. The number of benzene rings is 1. The van der Waals surface area contributed by atoms with Gasteiger partial charge in [0.15, 0.2) is 0 Å². The van der Waals surface area contributed by atoms with Crippen molar-refractivity contribution in [2.45, 2.75) is 19.4 Å². The van der Waals surface area contributed by atoms with Gasteiger partial charge >= 0.3 is 5.97 Å². The lowest BCUT2D eigenvalue weighted by Crippen LogP contribution is -2.46. The molecule has 0 radical (unpaired) electrons. The number of carbonyl (C=O) groups is 2. The van der Waals surface area contributed by atoms with E-state index in [1.807, 2.05) is 24.4 Å². The van der Waals surface area contributed by atoms with E-state index in [1.165, 1.54) is 0 Å². The monoisotopic (exact) mass is 343 g/mol. The molecule has 1 saturated heterocycles. The fraction of sp³-hybridized carbons (Fsp3) is 0.389. The van der Waals surface area contributed by atoms with Gasteiger partial charge in [-0.25, -0.2) is 0 Å². The van der Waals surface area contributed by atoms with Crippen molar-refractivity contribution in [2.75, 3.05) is 19.8 Å². The van der Waals surface area contributed by atoms with Gasteiger partial charge in [-0.05, 0) is 30.5 Å². The molecule has 0 bridgehead atoms. The highest BCUT2D eigenvalue weighted by Gasteiger charge is 2.40. The van der Waals surface area contributed by atoms with Crippen LogP contribution in [0.5, 0.6) is 0 Å². The van der Waals surface area contributed by atoms with E-state index in [0.29, 0.717) is 38.2 Å². The van der Waals surface area contributed by atoms with Crippen LogP contribution in [0.15, 0.2) is 42.7 Å². The number of carboxylic acids is 1. The topological polar surface area (TPSA) is 93.5 Å². The summed E-state index contributed by atoms with van der Waals surface area (Å²) in [5, 5.41) is 16.5. The predicted molar refractivity (Wildman–Crippen MR) is 90.2 cm³/mol. The molecule has 7 heteroatoms. The minimum absolute atomic E-state index is 0.0978. The molecule has 0 saturated carbocycles. The van der Waals surface area contributed by atoms with Crippen molar-refractivity contribution in [1.82, 2.24) is 15.1 Å². The summed E-state index contributed by atoms with van der Waals surface area (Å²) in [6.07, 6.45) is 4.32. The van der Waals surface area contributed by atoms with Gasteiger partial charge in [0.1, 0.15) is 0 Å². The number of rotatable bonds is 6. The van der Waals surface area contributed by atoms with Gasteiger partial charge in [0, 0.05) is 37.7 Å². The van der Waals surface area contributed by atoms with Gasteiger partial charge < -0.3 is 15.2 Å². The van der Waals surface area contributed by atoms with E-state index < -0.39 is 11.4 Å². The summed E-state index contributed by atoms with van der Waals surface area (Å²) in [5.41, 5.74) is 0.413. The Hall–Kier alpha value is -2.67. The van der Waals surface area contributed by atoms with Gasteiger partial charge in [0.25, 0.3) is 5.91 Å². The number of carboxylic acid groups (broad SMARTS) is 1. The molecule has 1 aliphatic heterocycles. The molecule has 25 heavy (non-hydrogen) atoms. The first kappa shape index (κ1) is 17.2. The van der Waals surface area contributed by atoms with E-state index in [1.54, 1.807) is 23.0 Å². The van der Waals surface area contributed by atoms with Crippen molar-refractivity contribution in [2.24, 2.45) is 5.41 Å². The normalized spacial score (nSPS) is 16.3. The van der Waals surface area contributed by atoms with Crippen LogP contribution in [0.1, 0.15) is 28.8 Å². The van der Waals surface area contributed by atoms with Gasteiger partial charge in [0.2, 0.25) is 0 Å². The second-order valence-corrected chi connectivity index (χ2v) is 6.24. The Bertz CT molecular complexity index is 737. The summed E-state index contributed by atoms with van der Waals surface area (Å²) in [6.45, 7) is 1.38. The van der Waals surface area contributed by atoms with Gasteiger partial charge in [-0.1, -0.05) is 18.2 Å². The Morgan fingerprint density at radius 3 is 2.68 bits per heavy atom. The Morgan fingerprint density at radius 2 is 2.00 bits per heavy atom. The number of hydrogen-bond acceptors (Lipinski definition) is 4. The lowest BCUT2D eigenvalue weighted by atomic mass is 9.80. The summed E-state index contributed by atoms with van der Waals surface area (Å²) in [7, 11) is 0. The van der Waals surface area contributed by atoms with Crippen molar-refractivity contribution in [3.05, 3.63) is 53.9 Å². The molecule has 1 fully saturated rings. The molecular formula is C18H21N3O4. The minimum atomic E-state index is -0.954. The average Bonchev–Trinajstić information content (AvgIpc) is 3.14. The number of nitrogens with one attached hydrogen (secondary N) is 1. The van der Waals surface area contributed by atoms with Crippen LogP contribution in [-0.4, -0.2) is 46.5 Å². The Labute approximate surface area is 145 Å². The number of ether oxygens (including phenoxy) is 1. The lowest BCUT2D eigenvalue weighted by molar-refractivity contribution is -0.154. The lowest BCUT2D eigenvalue weighted by Gasteiger charge is -2.33. The highest BCUT2D eigenvalue weighted by molar-refractivity contribution is 5.96. The summed E-state index contributed by atoms with van der Waals surface area (Å²) in [5.74, 6) is -1.16. The van der Waals surface area contributed by atoms with E-state index >= 15 is 0 Å². The second kappa shape index (κ2) is 7.48. The van der Waals surface area contributed by atoms with Crippen LogP contribution in [0.25, 0.3) is 0 Å². The first-order valence-corrected chi connectivity index (χ1v) is 8.25. The fourth-order valence-corrected chi connectivity index (χ4v) is 3.02. The van der Waals surface area contributed by atoms with Crippen LogP contribution < -0.4 is 5.32 Å². The molecule has 1 aromatic carbocycles. The van der Waals surface area contributed by atoms with Gasteiger partial charge in [-0.15, -0.1) is 0 Å². The van der Waals surface area contributed by atoms with Gasteiger partial charge in [0.05, 0.1) is 12.0 Å². The molecule has 1 aromatic heterocycles. The molecule has 2 N–H and O–H groups in total. The van der Waals surface area contributed by atoms with E-state index in [-0.39, 0.29) is 12.5 Å². The number of hydrogen-bond donors (Lipinski definition) is 2. The Morgan fingerprint density at radius 1 is 1.24 bits per heavy atom. The highest BCUT2D eigenvalue weighted by atomic mass is 16.5. The third-order valence-corrected chi connectivity index (χ3v) is 4.64. The third kappa shape index (κ3) is 3.88. The van der Waals surface area contributed by atoms with E-state index in [9.17, 15) is 14.7 Å². The van der Waals surface area contributed by atoms with Crippen LogP contribution in [-0.2, 0) is 16.1 Å². The van der Waals surface area contributed by atoms with Gasteiger partial charge in [-0.3, -0.25) is 14.3 Å². The zero-order chi connectivity index (χ0) is 17.7. The zero-order valence-corrected chi connectivity index (χ0v) is 13.9. The molecule has 1 amide bonds. The smallest absolute Gasteiger partial charge is 0.311 e. The van der Waals surface area contributed by atoms with Crippen molar-refractivity contribution < 1.29 is 19.4 Å². The first-order chi connectivity index (χ1) is 12.1. The predicted octanol–water partition coefficient (Wildman–Crippen LogP) is 1.54. The van der Waals surface area contributed by atoms with Crippen molar-refractivity contribution >= 4 is 11.9 Å². The summed E-state index contributed by atoms with van der Waals surface area (Å²) < 4.78 is 7.00. The van der Waals surface area contributed by atoms with Crippen LogP contribution in [0, 0.1) is 5.41 Å². The fourth-order valence-electron chi connectivity index (χ4n) is 3.02. The first-order valence-electron chi connectivity index (χ1n) is 8.25. The highest BCUT2D eigenvalue weighted by Crippen LogP contribution is 2.30. The summed E-state index contributed by atoms with van der Waals surface area (Å²) >= 11 is 0. The summed E-state index contributed by atoms with van der Waals surface area (Å²) in [6, 6.07) is 9.10. The number of amides is 1. The quantitative estimate of drug-likeness (QED) is 0.830. The zero-order valence-electron chi connectivity index (χ0n) is 13.9. The maximum Gasteiger partial charge on any atom is 0.311 e. The molecule has 2 heterocycles. The molecule has 7 nitrogen and oxygen atoms in total. The van der Waals surface area contributed by atoms with Crippen LogP contribution in [0.2, 0.25) is 0 Å². The van der Waals surface area contributed by atoms with E-state index in [2.05, 4.69) is 10.4 Å². The molecule has 1 aliphatic rings. The van der Waals surface area contributed by atoms with Gasteiger partial charge in [-0.2, -0.15) is 5.10 Å². The SMILES string of the molecule is O=C(NCC1(C(=O)O)CCOCC1)c1ccccc1Cn1cccn1. The molecule has 132 valence electrons.